The lowest BCUT2D eigenvalue weighted by Gasteiger charge is -2.08. The van der Waals surface area contributed by atoms with Crippen molar-refractivity contribution in [2.24, 2.45) is 0 Å². The van der Waals surface area contributed by atoms with Gasteiger partial charge in [0.15, 0.2) is 12.4 Å². The molecular formula is C18H17ClN2O6. The first-order valence-electron chi connectivity index (χ1n) is 8.00. The molecule has 0 aliphatic carbocycles. The molecule has 2 aromatic rings. The van der Waals surface area contributed by atoms with E-state index in [1.807, 2.05) is 0 Å². The minimum Gasteiger partial charge on any atom is -0.487 e. The summed E-state index contributed by atoms with van der Waals surface area (Å²) >= 11 is 5.78. The van der Waals surface area contributed by atoms with Crippen molar-refractivity contribution in [3.8, 4) is 5.75 Å². The Morgan fingerprint density at radius 2 is 1.89 bits per heavy atom. The molecule has 0 saturated carbocycles. The first kappa shape index (κ1) is 20.2. The van der Waals surface area contributed by atoms with Crippen molar-refractivity contribution in [1.29, 1.82) is 0 Å². The Labute approximate surface area is 160 Å². The molecule has 2 aromatic carbocycles. The van der Waals surface area contributed by atoms with E-state index >= 15 is 0 Å². The molecule has 27 heavy (non-hydrogen) atoms. The van der Waals surface area contributed by atoms with Crippen molar-refractivity contribution in [3.63, 3.8) is 0 Å². The summed E-state index contributed by atoms with van der Waals surface area (Å²) < 4.78 is 10.0. The zero-order valence-corrected chi connectivity index (χ0v) is 15.2. The molecule has 9 heteroatoms. The van der Waals surface area contributed by atoms with Gasteiger partial charge in [-0.05, 0) is 36.8 Å². The number of hydrogen-bond acceptors (Lipinski definition) is 6. The third-order valence-electron chi connectivity index (χ3n) is 3.43. The number of hydrogen-bond donors (Lipinski definition) is 1. The Kier molecular flexibility index (Phi) is 7.13. The fourth-order valence-electron chi connectivity index (χ4n) is 2.13. The molecule has 1 amide bonds. The molecule has 0 aliphatic heterocycles. The fourth-order valence-corrected chi connectivity index (χ4v) is 2.26. The van der Waals surface area contributed by atoms with Crippen molar-refractivity contribution in [2.45, 2.75) is 13.5 Å². The van der Waals surface area contributed by atoms with Gasteiger partial charge in [-0.2, -0.15) is 0 Å². The molecule has 2 rings (SSSR count). The molecule has 0 aromatic heterocycles. The van der Waals surface area contributed by atoms with E-state index in [9.17, 15) is 19.7 Å². The van der Waals surface area contributed by atoms with E-state index in [0.717, 1.165) is 11.6 Å². The predicted octanol–water partition coefficient (Wildman–Crippen LogP) is 3.12. The SMILES string of the molecule is CCOc1ccc(C(=O)OCC(=O)NCc2ccc(Cl)cc2)cc1[N+](=O)[O-]. The normalized spacial score (nSPS) is 10.1. The number of nitrogens with zero attached hydrogens (tertiary/aromatic N) is 1. The van der Waals surface area contributed by atoms with E-state index in [1.54, 1.807) is 31.2 Å². The van der Waals surface area contributed by atoms with Crippen LogP contribution in [-0.4, -0.2) is 30.0 Å². The number of nitro benzene ring substituents is 1. The minimum atomic E-state index is -0.845. The standard InChI is InChI=1S/C18H17ClN2O6/c1-2-26-16-8-5-13(9-15(16)21(24)25)18(23)27-11-17(22)20-10-12-3-6-14(19)7-4-12/h3-9H,2,10-11H2,1H3,(H,20,22). The number of nitrogens with one attached hydrogen (secondary N) is 1. The maximum Gasteiger partial charge on any atom is 0.338 e. The van der Waals surface area contributed by atoms with Crippen LogP contribution < -0.4 is 10.1 Å². The molecule has 0 atom stereocenters. The third-order valence-corrected chi connectivity index (χ3v) is 3.68. The van der Waals surface area contributed by atoms with Gasteiger partial charge in [-0.3, -0.25) is 14.9 Å². The second-order valence-corrected chi connectivity index (χ2v) is 5.79. The highest BCUT2D eigenvalue weighted by Gasteiger charge is 2.19. The molecule has 0 heterocycles. The Morgan fingerprint density at radius 3 is 2.52 bits per heavy atom. The zero-order valence-electron chi connectivity index (χ0n) is 14.4. The summed E-state index contributed by atoms with van der Waals surface area (Å²) in [6, 6.07) is 10.6. The van der Waals surface area contributed by atoms with Gasteiger partial charge in [-0.25, -0.2) is 4.79 Å². The van der Waals surface area contributed by atoms with Crippen LogP contribution in [0.2, 0.25) is 5.02 Å². The first-order chi connectivity index (χ1) is 12.9. The lowest BCUT2D eigenvalue weighted by molar-refractivity contribution is -0.385. The average Bonchev–Trinajstić information content (AvgIpc) is 2.66. The summed E-state index contributed by atoms with van der Waals surface area (Å²) in [4.78, 5) is 34.2. The molecule has 0 spiro atoms. The molecule has 142 valence electrons. The molecule has 1 N–H and O–H groups in total. The number of halogens is 1. The fraction of sp³-hybridized carbons (Fsp3) is 0.222. The van der Waals surface area contributed by atoms with E-state index in [1.165, 1.54) is 12.1 Å². The second kappa shape index (κ2) is 9.54. The van der Waals surface area contributed by atoms with Gasteiger partial charge in [0, 0.05) is 17.6 Å². The van der Waals surface area contributed by atoms with E-state index in [2.05, 4.69) is 5.32 Å². The highest BCUT2D eigenvalue weighted by molar-refractivity contribution is 6.30. The molecule has 0 unspecified atom stereocenters. The third kappa shape index (κ3) is 5.96. The number of amides is 1. The molecular weight excluding hydrogens is 376 g/mol. The highest BCUT2D eigenvalue weighted by Crippen LogP contribution is 2.28. The van der Waals surface area contributed by atoms with Gasteiger partial charge in [0.05, 0.1) is 17.1 Å². The molecule has 0 bridgehead atoms. The number of carbonyl (C=O) groups excluding carboxylic acids is 2. The van der Waals surface area contributed by atoms with Gasteiger partial charge in [0.25, 0.3) is 5.91 Å². The van der Waals surface area contributed by atoms with Crippen LogP contribution in [0.1, 0.15) is 22.8 Å². The number of benzene rings is 2. The van der Waals surface area contributed by atoms with Gasteiger partial charge in [-0.1, -0.05) is 23.7 Å². The minimum absolute atomic E-state index is 0.0457. The Bertz CT molecular complexity index is 838. The van der Waals surface area contributed by atoms with E-state index in [4.69, 9.17) is 21.1 Å². The summed E-state index contributed by atoms with van der Waals surface area (Å²) in [5.74, 6) is -1.29. The van der Waals surface area contributed by atoms with Gasteiger partial charge < -0.3 is 14.8 Å². The van der Waals surface area contributed by atoms with E-state index in [0.29, 0.717) is 5.02 Å². The zero-order chi connectivity index (χ0) is 19.8. The van der Waals surface area contributed by atoms with Crippen LogP contribution in [0.5, 0.6) is 5.75 Å². The van der Waals surface area contributed by atoms with Crippen molar-refractivity contribution in [2.75, 3.05) is 13.2 Å². The summed E-state index contributed by atoms with van der Waals surface area (Å²) in [6.45, 7) is 1.68. The topological polar surface area (TPSA) is 108 Å². The summed E-state index contributed by atoms with van der Waals surface area (Å²) in [7, 11) is 0. The summed E-state index contributed by atoms with van der Waals surface area (Å²) in [5, 5.41) is 14.3. The highest BCUT2D eigenvalue weighted by atomic mass is 35.5. The first-order valence-corrected chi connectivity index (χ1v) is 8.38. The van der Waals surface area contributed by atoms with Crippen LogP contribution in [0, 0.1) is 10.1 Å². The van der Waals surface area contributed by atoms with Crippen LogP contribution >= 0.6 is 11.6 Å². The lowest BCUT2D eigenvalue weighted by atomic mass is 10.2. The number of ether oxygens (including phenoxy) is 2. The van der Waals surface area contributed by atoms with Crippen molar-refractivity contribution in [3.05, 3.63) is 68.7 Å². The number of carbonyl (C=O) groups is 2. The van der Waals surface area contributed by atoms with Gasteiger partial charge in [-0.15, -0.1) is 0 Å². The van der Waals surface area contributed by atoms with Crippen LogP contribution in [0.4, 0.5) is 5.69 Å². The summed E-state index contributed by atoms with van der Waals surface area (Å²) in [5.41, 5.74) is 0.440. The smallest absolute Gasteiger partial charge is 0.338 e. The quantitative estimate of drug-likeness (QED) is 0.420. The Hall–Kier alpha value is -3.13. The predicted molar refractivity (Wildman–Crippen MR) is 97.8 cm³/mol. The maximum atomic E-state index is 12.0. The molecule has 8 nitrogen and oxygen atoms in total. The average molecular weight is 393 g/mol. The number of nitro groups is 1. The summed E-state index contributed by atoms with van der Waals surface area (Å²) in [6.07, 6.45) is 0. The molecule has 0 radical (unpaired) electrons. The van der Waals surface area contributed by atoms with Crippen LogP contribution in [-0.2, 0) is 16.1 Å². The van der Waals surface area contributed by atoms with Gasteiger partial charge in [0.1, 0.15) is 0 Å². The van der Waals surface area contributed by atoms with Crippen LogP contribution in [0.25, 0.3) is 0 Å². The molecule has 0 saturated heterocycles. The van der Waals surface area contributed by atoms with Crippen molar-refractivity contribution in [1.82, 2.24) is 5.32 Å². The molecule has 0 aliphatic rings. The Balaban J connectivity index is 1.90. The monoisotopic (exact) mass is 392 g/mol. The van der Waals surface area contributed by atoms with Crippen LogP contribution in [0.3, 0.4) is 0 Å². The van der Waals surface area contributed by atoms with Crippen molar-refractivity contribution < 1.29 is 24.0 Å². The molecule has 0 fully saturated rings. The van der Waals surface area contributed by atoms with Crippen LogP contribution in [0.15, 0.2) is 42.5 Å². The van der Waals surface area contributed by atoms with Gasteiger partial charge in [0.2, 0.25) is 0 Å². The van der Waals surface area contributed by atoms with Gasteiger partial charge >= 0.3 is 11.7 Å². The maximum absolute atomic E-state index is 12.0. The number of esters is 1. The second-order valence-electron chi connectivity index (χ2n) is 5.35. The Morgan fingerprint density at radius 1 is 1.19 bits per heavy atom. The van der Waals surface area contributed by atoms with E-state index < -0.39 is 23.4 Å². The largest absolute Gasteiger partial charge is 0.487 e. The number of rotatable bonds is 8. The lowest BCUT2D eigenvalue weighted by Crippen LogP contribution is -2.28. The van der Waals surface area contributed by atoms with E-state index in [-0.39, 0.29) is 30.2 Å². The van der Waals surface area contributed by atoms with Crippen molar-refractivity contribution >= 4 is 29.2 Å².